The van der Waals surface area contributed by atoms with Crippen LogP contribution < -0.4 is 0 Å². The lowest BCUT2D eigenvalue weighted by atomic mass is 9.86. The number of carbonyl (C=O) groups excluding carboxylic acids is 1. The third kappa shape index (κ3) is 3.02. The van der Waals surface area contributed by atoms with Crippen molar-refractivity contribution >= 4 is 15.9 Å². The van der Waals surface area contributed by atoms with Crippen LogP contribution in [0.25, 0.3) is 0 Å². The lowest BCUT2D eigenvalue weighted by Gasteiger charge is -2.23. The topological polar surface area (TPSA) is 88.4 Å². The van der Waals surface area contributed by atoms with Gasteiger partial charge in [0.15, 0.2) is 0 Å². The average molecular weight is 404 g/mol. The van der Waals surface area contributed by atoms with Gasteiger partial charge in [0.2, 0.25) is 15.9 Å². The smallest absolute Gasteiger partial charge is 0.246 e. The Bertz CT molecular complexity index is 988. The molecule has 0 aromatic carbocycles. The second-order valence-corrected chi connectivity index (χ2v) is 9.48. The molecule has 0 radical (unpaired) electrons. The maximum Gasteiger partial charge on any atom is 0.246 e. The van der Waals surface area contributed by atoms with Crippen LogP contribution in [0.2, 0.25) is 0 Å². The molecule has 9 heteroatoms. The first kappa shape index (κ1) is 19.1. The van der Waals surface area contributed by atoms with Crippen LogP contribution in [0.1, 0.15) is 31.2 Å². The fourth-order valence-corrected chi connectivity index (χ4v) is 5.98. The summed E-state index contributed by atoms with van der Waals surface area (Å²) in [6.45, 7) is 6.02. The second-order valence-electron chi connectivity index (χ2n) is 7.58. The highest BCUT2D eigenvalue weighted by molar-refractivity contribution is 7.89. The Morgan fingerprint density at radius 3 is 2.68 bits per heavy atom. The van der Waals surface area contributed by atoms with Gasteiger partial charge in [-0.25, -0.2) is 8.42 Å². The number of rotatable bonds is 5. The first-order valence-corrected chi connectivity index (χ1v) is 11.0. The molecule has 8 nitrogen and oxygen atoms in total. The molecule has 2 aromatic heterocycles. The van der Waals surface area contributed by atoms with Crippen molar-refractivity contribution < 1.29 is 13.2 Å². The Labute approximate surface area is 165 Å². The van der Waals surface area contributed by atoms with E-state index in [4.69, 9.17) is 0 Å². The summed E-state index contributed by atoms with van der Waals surface area (Å²) >= 11 is 0. The van der Waals surface area contributed by atoms with Gasteiger partial charge in [-0.15, -0.1) is 0 Å². The minimum atomic E-state index is -3.65. The van der Waals surface area contributed by atoms with E-state index in [0.717, 1.165) is 5.69 Å². The molecule has 0 saturated carbocycles. The number of aryl methyl sites for hydroxylation is 1. The highest BCUT2D eigenvalue weighted by Crippen LogP contribution is 2.43. The van der Waals surface area contributed by atoms with Crippen molar-refractivity contribution in [3.8, 4) is 0 Å². The van der Waals surface area contributed by atoms with Gasteiger partial charge in [0.25, 0.3) is 0 Å². The number of likely N-dealkylation sites (tertiary alicyclic amines) is 1. The average Bonchev–Trinajstić information content (AvgIpc) is 3.37. The lowest BCUT2D eigenvalue weighted by molar-refractivity contribution is -0.135. The zero-order valence-corrected chi connectivity index (χ0v) is 17.0. The molecule has 0 bridgehead atoms. The van der Waals surface area contributed by atoms with Crippen molar-refractivity contribution in [1.29, 1.82) is 0 Å². The fraction of sp³-hybridized carbons (Fsp3) is 0.526. The highest BCUT2D eigenvalue weighted by atomic mass is 32.2. The summed E-state index contributed by atoms with van der Waals surface area (Å²) in [6.07, 6.45) is 4.37. The lowest BCUT2D eigenvalue weighted by Crippen LogP contribution is -2.38. The van der Waals surface area contributed by atoms with Crippen molar-refractivity contribution in [1.82, 2.24) is 24.0 Å². The van der Waals surface area contributed by atoms with E-state index in [1.165, 1.54) is 10.5 Å². The highest BCUT2D eigenvalue weighted by Gasteiger charge is 2.53. The summed E-state index contributed by atoms with van der Waals surface area (Å²) in [4.78, 5) is 19.5. The molecule has 2 saturated heterocycles. The fourth-order valence-electron chi connectivity index (χ4n) is 4.29. The number of amides is 1. The van der Waals surface area contributed by atoms with Gasteiger partial charge >= 0.3 is 0 Å². The van der Waals surface area contributed by atoms with Gasteiger partial charge in [-0.05, 0) is 38.8 Å². The van der Waals surface area contributed by atoms with E-state index in [-0.39, 0.29) is 17.3 Å². The first-order chi connectivity index (χ1) is 13.4. The van der Waals surface area contributed by atoms with E-state index in [1.54, 1.807) is 22.7 Å². The molecule has 2 aliphatic rings. The van der Waals surface area contributed by atoms with Crippen molar-refractivity contribution in [3.05, 3.63) is 42.0 Å². The van der Waals surface area contributed by atoms with Gasteiger partial charge in [-0.2, -0.15) is 9.40 Å². The molecule has 1 amide bonds. The van der Waals surface area contributed by atoms with Crippen molar-refractivity contribution in [3.63, 3.8) is 0 Å². The molecular weight excluding hydrogens is 378 g/mol. The monoisotopic (exact) mass is 403 g/mol. The number of aromatic nitrogens is 3. The SMILES string of the molecule is CCn1ncc(S(=O)(=O)N2CCC3(CCN(Cc4ccccn4)C3=O)C2)c1C. The Kier molecular flexibility index (Phi) is 4.75. The van der Waals surface area contributed by atoms with Crippen LogP contribution in [-0.2, 0) is 27.9 Å². The maximum absolute atomic E-state index is 13.1. The predicted molar refractivity (Wildman–Crippen MR) is 103 cm³/mol. The number of nitrogens with zero attached hydrogens (tertiary/aromatic N) is 5. The molecule has 2 aromatic rings. The molecule has 150 valence electrons. The van der Waals surface area contributed by atoms with E-state index in [1.807, 2.05) is 25.1 Å². The quantitative estimate of drug-likeness (QED) is 0.753. The van der Waals surface area contributed by atoms with Crippen LogP contribution in [0.15, 0.2) is 35.5 Å². The number of carbonyl (C=O) groups is 1. The molecule has 4 rings (SSSR count). The zero-order valence-electron chi connectivity index (χ0n) is 16.2. The van der Waals surface area contributed by atoms with Crippen LogP contribution in [-0.4, -0.2) is 57.9 Å². The van der Waals surface area contributed by atoms with Gasteiger partial charge in [0, 0.05) is 32.4 Å². The van der Waals surface area contributed by atoms with E-state index >= 15 is 0 Å². The van der Waals surface area contributed by atoms with Gasteiger partial charge in [-0.1, -0.05) is 6.07 Å². The Hall–Kier alpha value is -2.26. The normalized spacial score (nSPS) is 23.2. The summed E-state index contributed by atoms with van der Waals surface area (Å²) in [6, 6.07) is 5.65. The minimum absolute atomic E-state index is 0.0387. The number of sulfonamides is 1. The van der Waals surface area contributed by atoms with Gasteiger partial charge in [0.05, 0.1) is 29.5 Å². The van der Waals surface area contributed by atoms with E-state index < -0.39 is 15.4 Å². The predicted octanol–water partition coefficient (Wildman–Crippen LogP) is 1.42. The first-order valence-electron chi connectivity index (χ1n) is 9.59. The minimum Gasteiger partial charge on any atom is -0.336 e. The van der Waals surface area contributed by atoms with Crippen LogP contribution in [0, 0.1) is 12.3 Å². The molecule has 2 fully saturated rings. The molecule has 4 heterocycles. The molecule has 2 aliphatic heterocycles. The van der Waals surface area contributed by atoms with E-state index in [0.29, 0.717) is 44.7 Å². The summed E-state index contributed by atoms with van der Waals surface area (Å²) in [5.41, 5.74) is 0.868. The summed E-state index contributed by atoms with van der Waals surface area (Å²) in [7, 11) is -3.65. The van der Waals surface area contributed by atoms with Crippen molar-refractivity contribution in [2.45, 2.75) is 44.7 Å². The van der Waals surface area contributed by atoms with Crippen LogP contribution in [0.4, 0.5) is 0 Å². The Morgan fingerprint density at radius 1 is 1.21 bits per heavy atom. The maximum atomic E-state index is 13.1. The molecule has 1 atom stereocenters. The van der Waals surface area contributed by atoms with Gasteiger partial charge in [-0.3, -0.25) is 14.5 Å². The summed E-state index contributed by atoms with van der Waals surface area (Å²) < 4.78 is 29.4. The van der Waals surface area contributed by atoms with Crippen LogP contribution in [0.5, 0.6) is 0 Å². The summed E-state index contributed by atoms with van der Waals surface area (Å²) in [5.74, 6) is 0.0387. The van der Waals surface area contributed by atoms with Crippen LogP contribution in [0.3, 0.4) is 0 Å². The number of hydrogen-bond acceptors (Lipinski definition) is 5. The molecule has 0 N–H and O–H groups in total. The molecule has 28 heavy (non-hydrogen) atoms. The molecule has 1 unspecified atom stereocenters. The Balaban J connectivity index is 1.52. The third-order valence-corrected chi connectivity index (χ3v) is 7.92. The summed E-state index contributed by atoms with van der Waals surface area (Å²) in [5, 5.41) is 4.16. The van der Waals surface area contributed by atoms with Crippen molar-refractivity contribution in [2.75, 3.05) is 19.6 Å². The van der Waals surface area contributed by atoms with Gasteiger partial charge < -0.3 is 4.90 Å². The molecule has 1 spiro atoms. The standard InChI is InChI=1S/C19H25N5O3S/c1-3-24-15(2)17(12-21-24)28(26,27)23-11-8-19(14-23)7-10-22(18(19)25)13-16-6-4-5-9-20-16/h4-6,9,12H,3,7-8,10-11,13-14H2,1-2H3. The van der Waals surface area contributed by atoms with E-state index in [2.05, 4.69) is 10.1 Å². The zero-order chi connectivity index (χ0) is 19.9. The number of hydrogen-bond donors (Lipinski definition) is 0. The van der Waals surface area contributed by atoms with E-state index in [9.17, 15) is 13.2 Å². The number of pyridine rings is 1. The van der Waals surface area contributed by atoms with Crippen LogP contribution >= 0.6 is 0 Å². The molecular formula is C19H25N5O3S. The second kappa shape index (κ2) is 6.97. The largest absolute Gasteiger partial charge is 0.336 e. The molecule has 0 aliphatic carbocycles. The third-order valence-electron chi connectivity index (χ3n) is 5.97. The van der Waals surface area contributed by atoms with Crippen molar-refractivity contribution in [2.24, 2.45) is 5.41 Å². The van der Waals surface area contributed by atoms with Gasteiger partial charge in [0.1, 0.15) is 4.90 Å². The Morgan fingerprint density at radius 2 is 2.00 bits per heavy atom.